The molecule has 0 radical (unpaired) electrons. The second-order valence-corrected chi connectivity index (χ2v) is 5.12. The zero-order valence-electron chi connectivity index (χ0n) is 9.73. The van der Waals surface area contributed by atoms with Crippen molar-refractivity contribution in [1.82, 2.24) is 0 Å². The molecule has 2 aliphatic heterocycles. The Balaban J connectivity index is 1.89. The third-order valence-electron chi connectivity index (χ3n) is 3.92. The molecule has 2 bridgehead atoms. The van der Waals surface area contributed by atoms with E-state index in [9.17, 15) is 5.11 Å². The van der Waals surface area contributed by atoms with Crippen LogP contribution in [0.2, 0.25) is 0 Å². The molecule has 0 saturated carbocycles. The number of hydrogen-bond acceptors (Lipinski definition) is 2. The molecule has 2 unspecified atom stereocenters. The van der Waals surface area contributed by atoms with Crippen molar-refractivity contribution in [2.24, 2.45) is 0 Å². The molecule has 2 saturated heterocycles. The standard InChI is InChI=1S/C15H16O2/c1-2-11-3-5-12(6-4-11)15(16)9-13-7-8-14(10-15)17-13/h1,3-6,13-14,16H,7-10H2. The van der Waals surface area contributed by atoms with Gasteiger partial charge in [-0.3, -0.25) is 0 Å². The lowest BCUT2D eigenvalue weighted by molar-refractivity contribution is -0.115. The lowest BCUT2D eigenvalue weighted by Gasteiger charge is -2.36. The largest absolute Gasteiger partial charge is 0.385 e. The zero-order chi connectivity index (χ0) is 11.9. The molecule has 2 fully saturated rings. The van der Waals surface area contributed by atoms with Gasteiger partial charge >= 0.3 is 0 Å². The summed E-state index contributed by atoms with van der Waals surface area (Å²) >= 11 is 0. The summed E-state index contributed by atoms with van der Waals surface area (Å²) in [7, 11) is 0. The van der Waals surface area contributed by atoms with E-state index >= 15 is 0 Å². The molecular weight excluding hydrogens is 212 g/mol. The molecule has 3 rings (SSSR count). The summed E-state index contributed by atoms with van der Waals surface area (Å²) in [5.41, 5.74) is 1.10. The van der Waals surface area contributed by atoms with E-state index in [0.717, 1.165) is 24.0 Å². The summed E-state index contributed by atoms with van der Waals surface area (Å²) < 4.78 is 5.77. The van der Waals surface area contributed by atoms with Crippen LogP contribution in [0.15, 0.2) is 24.3 Å². The number of benzene rings is 1. The SMILES string of the molecule is C#Cc1ccc(C2(O)CC3CCC(C2)O3)cc1. The third-order valence-corrected chi connectivity index (χ3v) is 3.92. The van der Waals surface area contributed by atoms with Crippen LogP contribution in [0, 0.1) is 12.3 Å². The Hall–Kier alpha value is -1.30. The van der Waals surface area contributed by atoms with Gasteiger partial charge in [-0.2, -0.15) is 0 Å². The van der Waals surface area contributed by atoms with E-state index in [4.69, 9.17) is 11.2 Å². The van der Waals surface area contributed by atoms with Gasteiger partial charge in [0.2, 0.25) is 0 Å². The average molecular weight is 228 g/mol. The lowest BCUT2D eigenvalue weighted by Crippen LogP contribution is -2.38. The molecular formula is C15H16O2. The molecule has 0 amide bonds. The van der Waals surface area contributed by atoms with Gasteiger partial charge in [0.1, 0.15) is 0 Å². The topological polar surface area (TPSA) is 29.5 Å². The number of rotatable bonds is 1. The molecule has 1 aromatic rings. The molecule has 1 aromatic carbocycles. The smallest absolute Gasteiger partial charge is 0.0945 e. The highest BCUT2D eigenvalue weighted by molar-refractivity contribution is 5.36. The monoisotopic (exact) mass is 228 g/mol. The zero-order valence-corrected chi connectivity index (χ0v) is 9.73. The Morgan fingerprint density at radius 2 is 1.76 bits per heavy atom. The Morgan fingerprint density at radius 1 is 1.18 bits per heavy atom. The van der Waals surface area contributed by atoms with Crippen LogP contribution in [-0.2, 0) is 10.3 Å². The van der Waals surface area contributed by atoms with Crippen molar-refractivity contribution in [2.45, 2.75) is 43.5 Å². The minimum atomic E-state index is -0.725. The normalized spacial score (nSPS) is 35.5. The minimum absolute atomic E-state index is 0.228. The van der Waals surface area contributed by atoms with Gasteiger partial charge in [0.05, 0.1) is 17.8 Å². The van der Waals surface area contributed by atoms with Crippen LogP contribution >= 0.6 is 0 Å². The third kappa shape index (κ3) is 1.86. The average Bonchev–Trinajstić information content (AvgIpc) is 2.69. The van der Waals surface area contributed by atoms with Crippen LogP contribution in [0.1, 0.15) is 36.8 Å². The second-order valence-electron chi connectivity index (χ2n) is 5.12. The number of terminal acetylenes is 1. The van der Waals surface area contributed by atoms with Crippen molar-refractivity contribution in [1.29, 1.82) is 0 Å². The quantitative estimate of drug-likeness (QED) is 0.747. The molecule has 2 atom stereocenters. The molecule has 0 aromatic heterocycles. The van der Waals surface area contributed by atoms with E-state index in [1.807, 2.05) is 24.3 Å². The van der Waals surface area contributed by atoms with Crippen LogP contribution in [0.3, 0.4) is 0 Å². The van der Waals surface area contributed by atoms with E-state index in [-0.39, 0.29) is 12.2 Å². The first-order chi connectivity index (χ1) is 8.19. The molecule has 0 spiro atoms. The summed E-state index contributed by atoms with van der Waals surface area (Å²) in [6, 6.07) is 7.68. The van der Waals surface area contributed by atoms with E-state index in [1.165, 1.54) is 0 Å². The maximum atomic E-state index is 10.8. The molecule has 17 heavy (non-hydrogen) atoms. The van der Waals surface area contributed by atoms with Crippen LogP contribution < -0.4 is 0 Å². The van der Waals surface area contributed by atoms with Crippen molar-refractivity contribution in [2.75, 3.05) is 0 Å². The number of hydrogen-bond donors (Lipinski definition) is 1. The fraction of sp³-hybridized carbons (Fsp3) is 0.467. The first kappa shape index (κ1) is 10.8. The first-order valence-electron chi connectivity index (χ1n) is 6.15. The van der Waals surface area contributed by atoms with Gasteiger partial charge in [-0.25, -0.2) is 0 Å². The molecule has 2 nitrogen and oxygen atoms in total. The first-order valence-corrected chi connectivity index (χ1v) is 6.15. The van der Waals surface area contributed by atoms with Crippen molar-refractivity contribution in [3.05, 3.63) is 35.4 Å². The molecule has 2 heterocycles. The van der Waals surface area contributed by atoms with Gasteiger partial charge in [-0.05, 0) is 30.5 Å². The van der Waals surface area contributed by atoms with E-state index in [0.29, 0.717) is 12.8 Å². The van der Waals surface area contributed by atoms with E-state index < -0.39 is 5.60 Å². The van der Waals surface area contributed by atoms with Crippen molar-refractivity contribution in [3.63, 3.8) is 0 Å². The van der Waals surface area contributed by atoms with E-state index in [1.54, 1.807) is 0 Å². The van der Waals surface area contributed by atoms with Gasteiger partial charge in [0.25, 0.3) is 0 Å². The van der Waals surface area contributed by atoms with Crippen LogP contribution in [0.5, 0.6) is 0 Å². The summed E-state index contributed by atoms with van der Waals surface area (Å²) in [6.45, 7) is 0. The van der Waals surface area contributed by atoms with Gasteiger partial charge in [-0.15, -0.1) is 6.42 Å². The van der Waals surface area contributed by atoms with Gasteiger partial charge < -0.3 is 9.84 Å². The number of ether oxygens (including phenoxy) is 1. The molecule has 1 N–H and O–H groups in total. The van der Waals surface area contributed by atoms with Crippen LogP contribution in [0.25, 0.3) is 0 Å². The van der Waals surface area contributed by atoms with Gasteiger partial charge in [-0.1, -0.05) is 18.1 Å². The highest BCUT2D eigenvalue weighted by Crippen LogP contribution is 2.43. The highest BCUT2D eigenvalue weighted by Gasteiger charge is 2.44. The summed E-state index contributed by atoms with van der Waals surface area (Å²) in [5.74, 6) is 2.59. The van der Waals surface area contributed by atoms with Gasteiger partial charge in [0, 0.05) is 18.4 Å². The fourth-order valence-corrected chi connectivity index (χ4v) is 3.03. The second kappa shape index (κ2) is 3.87. The fourth-order valence-electron chi connectivity index (χ4n) is 3.03. The Morgan fingerprint density at radius 3 is 2.29 bits per heavy atom. The Bertz CT molecular complexity index is 443. The minimum Gasteiger partial charge on any atom is -0.385 e. The van der Waals surface area contributed by atoms with Crippen LogP contribution in [-0.4, -0.2) is 17.3 Å². The Labute approximate surface area is 102 Å². The van der Waals surface area contributed by atoms with E-state index in [2.05, 4.69) is 5.92 Å². The van der Waals surface area contributed by atoms with Crippen molar-refractivity contribution >= 4 is 0 Å². The predicted octanol–water partition coefficient (Wildman–Crippen LogP) is 2.20. The number of fused-ring (bicyclic) bond motifs is 2. The maximum absolute atomic E-state index is 10.8. The predicted molar refractivity (Wildman–Crippen MR) is 65.4 cm³/mol. The van der Waals surface area contributed by atoms with Crippen molar-refractivity contribution in [3.8, 4) is 12.3 Å². The molecule has 0 aliphatic carbocycles. The Kier molecular flexibility index (Phi) is 2.47. The maximum Gasteiger partial charge on any atom is 0.0945 e. The molecule has 2 heteroatoms. The van der Waals surface area contributed by atoms with Crippen molar-refractivity contribution < 1.29 is 9.84 Å². The van der Waals surface area contributed by atoms with Crippen LogP contribution in [0.4, 0.5) is 0 Å². The summed E-state index contributed by atoms with van der Waals surface area (Å²) in [4.78, 5) is 0. The number of aliphatic hydroxyl groups is 1. The highest BCUT2D eigenvalue weighted by atomic mass is 16.5. The van der Waals surface area contributed by atoms with Gasteiger partial charge in [0.15, 0.2) is 0 Å². The lowest BCUT2D eigenvalue weighted by atomic mass is 9.83. The summed E-state index contributed by atoms with van der Waals surface area (Å²) in [5, 5.41) is 10.8. The molecule has 2 aliphatic rings. The molecule has 88 valence electrons. The summed E-state index contributed by atoms with van der Waals surface area (Å²) in [6.07, 6.45) is 9.36.